The monoisotopic (exact) mass is 420 g/mol. The third-order valence-corrected chi connectivity index (χ3v) is 8.07. The fourth-order valence-corrected chi connectivity index (χ4v) is 6.00. The van der Waals surface area contributed by atoms with Gasteiger partial charge in [-0.3, -0.25) is 0 Å². The lowest BCUT2D eigenvalue weighted by atomic mass is 9.82. The Labute approximate surface area is 189 Å². The lowest BCUT2D eigenvalue weighted by molar-refractivity contribution is 0.144. The smallest absolute Gasteiger partial charge is 0.101 e. The van der Waals surface area contributed by atoms with Crippen molar-refractivity contribution in [1.29, 1.82) is 5.41 Å². The van der Waals surface area contributed by atoms with E-state index in [4.69, 9.17) is 10.1 Å². The maximum absolute atomic E-state index is 9.03. The third-order valence-electron chi connectivity index (χ3n) is 8.07. The highest BCUT2D eigenvalue weighted by molar-refractivity contribution is 5.97. The van der Waals surface area contributed by atoms with Gasteiger partial charge in [0.05, 0.1) is 0 Å². The van der Waals surface area contributed by atoms with Gasteiger partial charge in [0.2, 0.25) is 0 Å². The highest BCUT2D eigenvalue weighted by atomic mass is 16.5. The molecule has 2 unspecified atom stereocenters. The third kappa shape index (κ3) is 4.82. The Bertz CT molecular complexity index is 860. The molecule has 1 saturated heterocycles. The number of nitrogens with one attached hydrogen (secondary N) is 1. The first-order valence-corrected chi connectivity index (χ1v) is 12.3. The predicted octanol–water partition coefficient (Wildman–Crippen LogP) is 6.76. The van der Waals surface area contributed by atoms with E-state index in [9.17, 15) is 0 Å². The summed E-state index contributed by atoms with van der Waals surface area (Å²) in [5.41, 5.74) is 4.91. The van der Waals surface area contributed by atoms with Crippen LogP contribution in [0.5, 0.6) is 0 Å². The number of benzene rings is 1. The van der Waals surface area contributed by atoms with E-state index >= 15 is 0 Å². The van der Waals surface area contributed by atoms with Crippen LogP contribution in [0, 0.1) is 22.7 Å². The topological polar surface area (TPSA) is 36.3 Å². The molecule has 1 N–H and O–H groups in total. The van der Waals surface area contributed by atoms with Crippen LogP contribution >= 0.6 is 0 Å². The summed E-state index contributed by atoms with van der Waals surface area (Å²) in [5.74, 6) is 3.10. The molecule has 2 fully saturated rings. The van der Waals surface area contributed by atoms with Gasteiger partial charge in [0.1, 0.15) is 11.5 Å². The minimum absolute atomic E-state index is 0.0565. The van der Waals surface area contributed by atoms with E-state index in [0.717, 1.165) is 36.1 Å². The van der Waals surface area contributed by atoms with Gasteiger partial charge in [-0.15, -0.1) is 0 Å². The Morgan fingerprint density at radius 2 is 1.74 bits per heavy atom. The first-order valence-electron chi connectivity index (χ1n) is 12.3. The SMILES string of the molecule is CC1=C(C)C2C(=N)C(C)(CN3CCC(CCCCc4ccccc4)CC3)CC2=C(C)O1. The number of allylic oxidation sites excluding steroid dienone is 4. The van der Waals surface area contributed by atoms with Crippen LogP contribution in [0.1, 0.15) is 71.8 Å². The second-order valence-electron chi connectivity index (χ2n) is 10.5. The number of aryl methyl sites for hydroxylation is 1. The molecule has 1 saturated carbocycles. The maximum Gasteiger partial charge on any atom is 0.101 e. The van der Waals surface area contributed by atoms with E-state index in [1.165, 1.54) is 68.3 Å². The average Bonchev–Trinajstić information content (AvgIpc) is 3.03. The molecule has 2 atom stereocenters. The first kappa shape index (κ1) is 22.3. The second-order valence-corrected chi connectivity index (χ2v) is 10.5. The predicted molar refractivity (Wildman–Crippen MR) is 129 cm³/mol. The minimum atomic E-state index is -0.0565. The number of hydrogen-bond donors (Lipinski definition) is 1. The molecule has 2 aliphatic heterocycles. The fraction of sp³-hybridized carbons (Fsp3) is 0.607. The van der Waals surface area contributed by atoms with Crippen molar-refractivity contribution in [3.63, 3.8) is 0 Å². The zero-order chi connectivity index (χ0) is 22.0. The summed E-state index contributed by atoms with van der Waals surface area (Å²) in [6, 6.07) is 10.9. The van der Waals surface area contributed by atoms with E-state index in [2.05, 4.69) is 56.0 Å². The Hall–Kier alpha value is -1.87. The summed E-state index contributed by atoms with van der Waals surface area (Å²) in [6.07, 6.45) is 8.87. The molecular formula is C28H40N2O. The van der Waals surface area contributed by atoms with Gasteiger partial charge in [-0.05, 0) is 88.6 Å². The number of piperidine rings is 1. The molecule has 1 aromatic carbocycles. The molecule has 31 heavy (non-hydrogen) atoms. The van der Waals surface area contributed by atoms with E-state index in [-0.39, 0.29) is 11.3 Å². The van der Waals surface area contributed by atoms with Gasteiger partial charge < -0.3 is 15.0 Å². The summed E-state index contributed by atoms with van der Waals surface area (Å²) in [6.45, 7) is 12.0. The number of nitrogens with zero attached hydrogens (tertiary/aromatic N) is 1. The molecule has 0 bridgehead atoms. The van der Waals surface area contributed by atoms with Crippen LogP contribution in [-0.4, -0.2) is 30.2 Å². The van der Waals surface area contributed by atoms with E-state index in [1.807, 2.05) is 6.92 Å². The molecule has 0 spiro atoms. The van der Waals surface area contributed by atoms with E-state index in [1.54, 1.807) is 0 Å². The van der Waals surface area contributed by atoms with Crippen molar-refractivity contribution in [2.24, 2.45) is 17.3 Å². The highest BCUT2D eigenvalue weighted by Crippen LogP contribution is 2.50. The molecule has 4 rings (SSSR count). The Morgan fingerprint density at radius 3 is 2.45 bits per heavy atom. The fourth-order valence-electron chi connectivity index (χ4n) is 6.00. The summed E-state index contributed by atoms with van der Waals surface area (Å²) in [5, 5.41) is 9.03. The van der Waals surface area contributed by atoms with Crippen LogP contribution in [0.15, 0.2) is 53.0 Å². The lowest BCUT2D eigenvalue weighted by Gasteiger charge is -2.37. The molecule has 3 aliphatic rings. The van der Waals surface area contributed by atoms with Crippen molar-refractivity contribution in [2.45, 2.75) is 72.6 Å². The molecule has 3 heteroatoms. The van der Waals surface area contributed by atoms with Crippen molar-refractivity contribution in [3.05, 3.63) is 58.6 Å². The van der Waals surface area contributed by atoms with Crippen molar-refractivity contribution in [1.82, 2.24) is 4.90 Å². The molecule has 168 valence electrons. The van der Waals surface area contributed by atoms with Crippen LogP contribution < -0.4 is 0 Å². The number of ether oxygens (including phenoxy) is 1. The van der Waals surface area contributed by atoms with E-state index in [0.29, 0.717) is 0 Å². The van der Waals surface area contributed by atoms with E-state index < -0.39 is 0 Å². The molecule has 1 aliphatic carbocycles. The van der Waals surface area contributed by atoms with Crippen molar-refractivity contribution >= 4 is 5.71 Å². The Balaban J connectivity index is 1.24. The molecule has 0 amide bonds. The van der Waals surface area contributed by atoms with Gasteiger partial charge >= 0.3 is 0 Å². The molecule has 0 aromatic heterocycles. The largest absolute Gasteiger partial charge is 0.467 e. The van der Waals surface area contributed by atoms with Gasteiger partial charge in [-0.25, -0.2) is 0 Å². The first-order chi connectivity index (χ1) is 14.9. The standard InChI is InChI=1S/C28H40N2O/c1-20-21(2)31-22(3)25-18-28(4,27(29)26(20)25)19-30-16-14-24(15-17-30)13-9-8-12-23-10-6-5-7-11-23/h5-7,10-11,24,26,29H,8-9,12-19H2,1-4H3. The van der Waals surface area contributed by atoms with Crippen molar-refractivity contribution in [3.8, 4) is 0 Å². The number of hydrogen-bond acceptors (Lipinski definition) is 3. The normalized spacial score (nSPS) is 27.6. The quantitative estimate of drug-likeness (QED) is 0.495. The molecule has 2 heterocycles. The lowest BCUT2D eigenvalue weighted by Crippen LogP contribution is -2.43. The zero-order valence-electron chi connectivity index (χ0n) is 20.0. The van der Waals surface area contributed by atoms with Crippen LogP contribution in [0.2, 0.25) is 0 Å². The van der Waals surface area contributed by atoms with Crippen LogP contribution in [0.3, 0.4) is 0 Å². The Morgan fingerprint density at radius 1 is 1.03 bits per heavy atom. The van der Waals surface area contributed by atoms with Crippen LogP contribution in [0.25, 0.3) is 0 Å². The van der Waals surface area contributed by atoms with Crippen LogP contribution in [0.4, 0.5) is 0 Å². The number of fused-ring (bicyclic) bond motifs is 1. The molecule has 1 aromatic rings. The number of rotatable bonds is 7. The maximum atomic E-state index is 9.03. The van der Waals surface area contributed by atoms with Gasteiger partial charge in [-0.1, -0.05) is 50.1 Å². The summed E-state index contributed by atoms with van der Waals surface area (Å²) >= 11 is 0. The van der Waals surface area contributed by atoms with Crippen molar-refractivity contribution < 1.29 is 4.74 Å². The number of likely N-dealkylation sites (tertiary alicyclic amines) is 1. The zero-order valence-corrected chi connectivity index (χ0v) is 20.0. The van der Waals surface area contributed by atoms with Gasteiger partial charge in [0.25, 0.3) is 0 Å². The highest BCUT2D eigenvalue weighted by Gasteiger charge is 2.48. The molecule has 0 radical (unpaired) electrons. The van der Waals surface area contributed by atoms with Crippen molar-refractivity contribution in [2.75, 3.05) is 19.6 Å². The molecule has 3 nitrogen and oxygen atoms in total. The van der Waals surface area contributed by atoms with Crippen LogP contribution in [-0.2, 0) is 11.2 Å². The summed E-state index contributed by atoms with van der Waals surface area (Å²) in [4.78, 5) is 2.63. The number of unbranched alkanes of at least 4 members (excludes halogenated alkanes) is 1. The van der Waals surface area contributed by atoms with Gasteiger partial charge in [0, 0.05) is 23.6 Å². The second kappa shape index (κ2) is 9.32. The average molecular weight is 421 g/mol. The van der Waals surface area contributed by atoms with Gasteiger partial charge in [-0.2, -0.15) is 0 Å². The summed E-state index contributed by atoms with van der Waals surface area (Å²) in [7, 11) is 0. The molecular weight excluding hydrogens is 380 g/mol. The van der Waals surface area contributed by atoms with Gasteiger partial charge in [0.15, 0.2) is 0 Å². The summed E-state index contributed by atoms with van der Waals surface area (Å²) < 4.78 is 5.98. The Kier molecular flexibility index (Phi) is 6.71. The minimum Gasteiger partial charge on any atom is -0.467 e.